The van der Waals surface area contributed by atoms with Crippen LogP contribution in [0.1, 0.15) is 51.2 Å². The molecule has 1 saturated heterocycles. The number of benzene rings is 2. The molecule has 9 heteroatoms. The zero-order chi connectivity index (χ0) is 26.5. The van der Waals surface area contributed by atoms with Gasteiger partial charge in [0.2, 0.25) is 12.7 Å². The zero-order valence-electron chi connectivity index (χ0n) is 21.7. The third-order valence-corrected chi connectivity index (χ3v) is 9.94. The number of fused-ring (bicyclic) bond motifs is 7. The van der Waals surface area contributed by atoms with E-state index in [0.29, 0.717) is 49.6 Å². The topological polar surface area (TPSA) is 103 Å². The highest BCUT2D eigenvalue weighted by molar-refractivity contribution is 6.11. The maximum absolute atomic E-state index is 14.1. The number of nitrogens with zero attached hydrogens (tertiary/aromatic N) is 1. The molecule has 5 aliphatic rings. The molecule has 198 valence electrons. The van der Waals surface area contributed by atoms with Gasteiger partial charge in [0, 0.05) is 35.8 Å². The fourth-order valence-electron chi connectivity index (χ4n) is 7.12. The van der Waals surface area contributed by atoms with Crippen LogP contribution in [-0.4, -0.2) is 49.9 Å². The number of ether oxygens (including phenoxy) is 4. The average molecular weight is 519 g/mol. The summed E-state index contributed by atoms with van der Waals surface area (Å²) in [5, 5.41) is 2.99. The summed E-state index contributed by atoms with van der Waals surface area (Å²) in [6, 6.07) is 11.4. The van der Waals surface area contributed by atoms with E-state index in [4.69, 9.17) is 18.9 Å². The Morgan fingerprint density at radius 2 is 1.74 bits per heavy atom. The van der Waals surface area contributed by atoms with Crippen LogP contribution in [0.3, 0.4) is 0 Å². The van der Waals surface area contributed by atoms with Crippen molar-refractivity contribution in [2.75, 3.05) is 31.4 Å². The van der Waals surface area contributed by atoms with Crippen LogP contribution in [-0.2, 0) is 24.5 Å². The van der Waals surface area contributed by atoms with E-state index < -0.39 is 21.8 Å². The van der Waals surface area contributed by atoms with Crippen molar-refractivity contribution >= 4 is 23.5 Å². The molecule has 4 heterocycles. The molecule has 2 fully saturated rings. The first kappa shape index (κ1) is 23.4. The Morgan fingerprint density at radius 1 is 0.974 bits per heavy atom. The Labute approximate surface area is 220 Å². The summed E-state index contributed by atoms with van der Waals surface area (Å²) in [5.74, 6) is 1.25. The van der Waals surface area contributed by atoms with Crippen molar-refractivity contribution in [3.8, 4) is 17.2 Å². The number of esters is 1. The fourth-order valence-corrected chi connectivity index (χ4v) is 7.12. The monoisotopic (exact) mass is 518 g/mol. The van der Waals surface area contributed by atoms with Crippen LogP contribution < -0.4 is 24.4 Å². The first-order valence-corrected chi connectivity index (χ1v) is 13.2. The molecular weight excluding hydrogens is 488 g/mol. The molecule has 38 heavy (non-hydrogen) atoms. The quantitative estimate of drug-likeness (QED) is 0.479. The second kappa shape index (κ2) is 7.42. The lowest BCUT2D eigenvalue weighted by Gasteiger charge is -2.35. The van der Waals surface area contributed by atoms with Crippen LogP contribution in [0.4, 0.5) is 5.69 Å². The number of rotatable bonds is 5. The van der Waals surface area contributed by atoms with E-state index in [-0.39, 0.29) is 31.2 Å². The second-order valence-corrected chi connectivity index (χ2v) is 11.7. The van der Waals surface area contributed by atoms with Crippen LogP contribution in [0.15, 0.2) is 36.4 Å². The molecule has 7 rings (SSSR count). The minimum absolute atomic E-state index is 0.0568. The summed E-state index contributed by atoms with van der Waals surface area (Å²) < 4.78 is 22.8. The van der Waals surface area contributed by atoms with Crippen LogP contribution in [0.2, 0.25) is 0 Å². The van der Waals surface area contributed by atoms with Crippen molar-refractivity contribution < 1.29 is 33.3 Å². The molecule has 0 aromatic heterocycles. The smallest absolute Gasteiger partial charge is 0.313 e. The molecule has 0 radical (unpaired) electrons. The third-order valence-electron chi connectivity index (χ3n) is 9.94. The van der Waals surface area contributed by atoms with Gasteiger partial charge in [-0.2, -0.15) is 0 Å². The molecule has 3 atom stereocenters. The minimum Gasteiger partial charge on any atom is -0.491 e. The van der Waals surface area contributed by atoms with E-state index >= 15 is 0 Å². The normalized spacial score (nSPS) is 30.9. The predicted molar refractivity (Wildman–Crippen MR) is 135 cm³/mol. The predicted octanol–water partition coefficient (Wildman–Crippen LogP) is 3.07. The van der Waals surface area contributed by atoms with Gasteiger partial charge in [-0.05, 0) is 43.9 Å². The van der Waals surface area contributed by atoms with Crippen LogP contribution in [0.25, 0.3) is 0 Å². The number of hydrogen-bond acceptors (Lipinski definition) is 7. The molecule has 1 saturated carbocycles. The Balaban J connectivity index is 1.10. The Kier molecular flexibility index (Phi) is 4.57. The number of carbonyl (C=O) groups is 3. The van der Waals surface area contributed by atoms with Gasteiger partial charge in [-0.15, -0.1) is 0 Å². The van der Waals surface area contributed by atoms with Gasteiger partial charge in [-0.3, -0.25) is 14.4 Å². The Morgan fingerprint density at radius 3 is 2.47 bits per heavy atom. The molecular formula is C29H30N2O7. The molecule has 3 unspecified atom stereocenters. The molecule has 2 amide bonds. The summed E-state index contributed by atoms with van der Waals surface area (Å²) in [6.07, 6.45) is 1.70. The molecule has 2 bridgehead atoms. The van der Waals surface area contributed by atoms with Crippen molar-refractivity contribution in [3.63, 3.8) is 0 Å². The van der Waals surface area contributed by atoms with Crippen molar-refractivity contribution in [2.45, 2.75) is 51.0 Å². The maximum Gasteiger partial charge on any atom is 0.313 e. The summed E-state index contributed by atoms with van der Waals surface area (Å²) in [6.45, 7) is 6.90. The lowest BCUT2D eigenvalue weighted by Crippen LogP contribution is -2.53. The van der Waals surface area contributed by atoms with Crippen molar-refractivity contribution in [3.05, 3.63) is 47.5 Å². The number of anilines is 1. The van der Waals surface area contributed by atoms with E-state index in [2.05, 4.69) is 5.32 Å². The largest absolute Gasteiger partial charge is 0.491 e. The number of nitrogens with one attached hydrogen (secondary N) is 1. The van der Waals surface area contributed by atoms with Crippen molar-refractivity contribution in [2.24, 2.45) is 10.8 Å². The SMILES string of the molecule is CC12CCC(C(=O)NCCCN3C(=O)C4(COc5cc6c(cc54)OCO6)c4ccccc43)(OC1=O)C2(C)C. The van der Waals surface area contributed by atoms with E-state index in [1.165, 1.54) is 0 Å². The van der Waals surface area contributed by atoms with Gasteiger partial charge >= 0.3 is 5.97 Å². The molecule has 1 aliphatic carbocycles. The molecule has 9 nitrogen and oxygen atoms in total. The fraction of sp³-hybridized carbons (Fsp3) is 0.483. The van der Waals surface area contributed by atoms with E-state index in [9.17, 15) is 14.4 Å². The highest BCUT2D eigenvalue weighted by Crippen LogP contribution is 2.65. The van der Waals surface area contributed by atoms with E-state index in [1.54, 1.807) is 11.0 Å². The molecule has 1 spiro atoms. The van der Waals surface area contributed by atoms with E-state index in [1.807, 2.05) is 51.1 Å². The van der Waals surface area contributed by atoms with Crippen molar-refractivity contribution in [1.82, 2.24) is 5.32 Å². The van der Waals surface area contributed by atoms with Gasteiger partial charge in [0.1, 0.15) is 17.8 Å². The molecule has 2 aromatic rings. The standard InChI is InChI=1S/C29H30N2O7/c1-26(2)27(3)9-10-29(26,38-25(27)34)23(32)30-11-6-12-31-19-8-5-4-7-17(19)28(24(31)33)15-35-20-14-22-21(13-18(20)28)36-16-37-22/h4-5,7-8,13-14H,6,9-12,15-16H2,1-3H3,(H,30,32). The maximum atomic E-state index is 14.1. The van der Waals surface area contributed by atoms with Gasteiger partial charge in [-0.1, -0.05) is 32.0 Å². The second-order valence-electron chi connectivity index (χ2n) is 11.7. The molecule has 1 N–H and O–H groups in total. The molecule has 2 aromatic carbocycles. The van der Waals surface area contributed by atoms with Crippen LogP contribution in [0, 0.1) is 10.8 Å². The number of hydrogen-bond donors (Lipinski definition) is 1. The highest BCUT2D eigenvalue weighted by Gasteiger charge is 2.75. The summed E-state index contributed by atoms with van der Waals surface area (Å²) in [7, 11) is 0. The lowest BCUT2D eigenvalue weighted by atomic mass is 9.66. The van der Waals surface area contributed by atoms with Gasteiger partial charge in [0.05, 0.1) is 5.41 Å². The first-order valence-electron chi connectivity index (χ1n) is 13.2. The summed E-state index contributed by atoms with van der Waals surface area (Å²) in [4.78, 5) is 41.7. The molecule has 4 aliphatic heterocycles. The Hall–Kier alpha value is -3.75. The zero-order valence-corrected chi connectivity index (χ0v) is 21.7. The van der Waals surface area contributed by atoms with Gasteiger partial charge in [0.25, 0.3) is 5.91 Å². The number of para-hydroxylation sites is 1. The van der Waals surface area contributed by atoms with Crippen LogP contribution in [0.5, 0.6) is 17.2 Å². The third kappa shape index (κ3) is 2.59. The van der Waals surface area contributed by atoms with Gasteiger partial charge in [0.15, 0.2) is 17.1 Å². The van der Waals surface area contributed by atoms with E-state index in [0.717, 1.165) is 16.8 Å². The highest BCUT2D eigenvalue weighted by atomic mass is 16.7. The summed E-state index contributed by atoms with van der Waals surface area (Å²) in [5.41, 5.74) is -0.821. The van der Waals surface area contributed by atoms with Gasteiger partial charge in [-0.25, -0.2) is 0 Å². The van der Waals surface area contributed by atoms with Gasteiger partial charge < -0.3 is 29.2 Å². The number of carbonyl (C=O) groups excluding carboxylic acids is 3. The average Bonchev–Trinajstić information content (AvgIpc) is 3.64. The first-order chi connectivity index (χ1) is 18.2. The summed E-state index contributed by atoms with van der Waals surface area (Å²) >= 11 is 0. The van der Waals surface area contributed by atoms with Crippen molar-refractivity contribution in [1.29, 1.82) is 0 Å². The minimum atomic E-state index is -1.14. The Bertz CT molecular complexity index is 1420. The lowest BCUT2D eigenvalue weighted by molar-refractivity contribution is -0.168. The van der Waals surface area contributed by atoms with Crippen LogP contribution >= 0.6 is 0 Å². The number of amides is 2.